The van der Waals surface area contributed by atoms with Gasteiger partial charge in [0.15, 0.2) is 5.62 Å². The third-order valence-electron chi connectivity index (χ3n) is 3.22. The van der Waals surface area contributed by atoms with E-state index >= 15 is 0 Å². The van der Waals surface area contributed by atoms with Gasteiger partial charge in [-0.05, 0) is 19.9 Å². The van der Waals surface area contributed by atoms with E-state index < -0.39 is 0 Å². The number of aromatic nitrogens is 2. The van der Waals surface area contributed by atoms with E-state index in [9.17, 15) is 0 Å². The highest BCUT2D eigenvalue weighted by atomic mass is 35.5. The Bertz CT molecular complexity index is 585. The summed E-state index contributed by atoms with van der Waals surface area (Å²) < 4.78 is 0. The lowest BCUT2D eigenvalue weighted by atomic mass is 10.1. The molecule has 2 heterocycles. The van der Waals surface area contributed by atoms with Crippen molar-refractivity contribution >= 4 is 23.0 Å². The Kier molecular flexibility index (Phi) is 3.03. The molecule has 1 N–H and O–H groups in total. The largest absolute Gasteiger partial charge is 0.350 e. The molecule has 4 nitrogen and oxygen atoms in total. The minimum Gasteiger partial charge on any atom is -0.350 e. The zero-order valence-corrected chi connectivity index (χ0v) is 11.6. The van der Waals surface area contributed by atoms with E-state index in [0.29, 0.717) is 6.04 Å². The first-order valence-corrected chi connectivity index (χ1v) is 6.70. The molecule has 1 aromatic heterocycles. The zero-order valence-electron chi connectivity index (χ0n) is 10.8. The van der Waals surface area contributed by atoms with Crippen molar-refractivity contribution in [2.75, 3.05) is 10.2 Å². The Hall–Kier alpha value is -1.81. The fourth-order valence-corrected chi connectivity index (χ4v) is 2.85. The summed E-state index contributed by atoms with van der Waals surface area (Å²) in [6.07, 6.45) is 5.13. The van der Waals surface area contributed by atoms with Gasteiger partial charge in [-0.15, -0.1) is 0 Å². The van der Waals surface area contributed by atoms with Crippen LogP contribution in [0.25, 0.3) is 11.3 Å². The van der Waals surface area contributed by atoms with Crippen LogP contribution in [0, 0.1) is 0 Å². The molecule has 0 aliphatic carbocycles. The van der Waals surface area contributed by atoms with Crippen LogP contribution in [0.1, 0.15) is 13.8 Å². The third-order valence-corrected chi connectivity index (χ3v) is 3.54. The summed E-state index contributed by atoms with van der Waals surface area (Å²) in [6, 6.07) is 6.45. The smallest absolute Gasteiger partial charge is 0.178 e. The van der Waals surface area contributed by atoms with E-state index in [1.807, 2.05) is 12.1 Å². The first kappa shape index (κ1) is 12.2. The quantitative estimate of drug-likeness (QED) is 0.674. The molecule has 5 heteroatoms. The van der Waals surface area contributed by atoms with Gasteiger partial charge < -0.3 is 10.2 Å². The molecule has 0 saturated heterocycles. The number of nitrogens with one attached hydrogen (secondary N) is 1. The van der Waals surface area contributed by atoms with Crippen LogP contribution in [0.2, 0.25) is 0 Å². The highest BCUT2D eigenvalue weighted by molar-refractivity contribution is 6.24. The zero-order chi connectivity index (χ0) is 13.4. The van der Waals surface area contributed by atoms with Crippen LogP contribution in [-0.4, -0.2) is 21.6 Å². The lowest BCUT2D eigenvalue weighted by Gasteiger charge is -2.26. The number of halogens is 1. The van der Waals surface area contributed by atoms with Crippen molar-refractivity contribution in [2.45, 2.75) is 25.5 Å². The van der Waals surface area contributed by atoms with E-state index in [-0.39, 0.29) is 5.62 Å². The first-order chi connectivity index (χ1) is 9.18. The van der Waals surface area contributed by atoms with Crippen molar-refractivity contribution in [2.24, 2.45) is 0 Å². The number of para-hydroxylation sites is 1. The van der Waals surface area contributed by atoms with Gasteiger partial charge in [-0.3, -0.25) is 9.97 Å². The molecule has 1 aliphatic heterocycles. The second kappa shape index (κ2) is 4.70. The van der Waals surface area contributed by atoms with E-state index in [0.717, 1.165) is 22.6 Å². The molecular weight excluding hydrogens is 260 g/mol. The fourth-order valence-electron chi connectivity index (χ4n) is 2.41. The predicted octanol–water partition coefficient (Wildman–Crippen LogP) is 3.31. The van der Waals surface area contributed by atoms with Crippen molar-refractivity contribution in [3.8, 4) is 11.3 Å². The Morgan fingerprint density at radius 2 is 2.16 bits per heavy atom. The first-order valence-electron chi connectivity index (χ1n) is 6.27. The maximum absolute atomic E-state index is 6.38. The van der Waals surface area contributed by atoms with Crippen molar-refractivity contribution in [3.05, 3.63) is 36.8 Å². The number of fused-ring (bicyclic) bond motifs is 1. The van der Waals surface area contributed by atoms with Gasteiger partial charge in [0.1, 0.15) is 0 Å². The lowest BCUT2D eigenvalue weighted by molar-refractivity contribution is 0.700. The van der Waals surface area contributed by atoms with Crippen LogP contribution in [0.15, 0.2) is 36.8 Å². The lowest BCUT2D eigenvalue weighted by Crippen LogP contribution is -2.36. The van der Waals surface area contributed by atoms with E-state index in [1.165, 1.54) is 0 Å². The monoisotopic (exact) mass is 274 g/mol. The normalized spacial score (nSPS) is 17.5. The summed E-state index contributed by atoms with van der Waals surface area (Å²) in [6.45, 7) is 4.25. The molecule has 3 rings (SSSR count). The highest BCUT2D eigenvalue weighted by Crippen LogP contribution is 2.42. The molecule has 0 radical (unpaired) electrons. The number of nitrogens with zero attached hydrogens (tertiary/aromatic N) is 3. The Labute approximate surface area is 117 Å². The number of anilines is 2. The molecule has 1 atom stereocenters. The fraction of sp³-hybridized carbons (Fsp3) is 0.286. The predicted molar refractivity (Wildman–Crippen MR) is 78.3 cm³/mol. The van der Waals surface area contributed by atoms with Crippen molar-refractivity contribution in [1.82, 2.24) is 9.97 Å². The van der Waals surface area contributed by atoms with E-state index in [2.05, 4.69) is 40.1 Å². The molecule has 0 bridgehead atoms. The number of alkyl halides is 1. The molecule has 98 valence electrons. The molecule has 2 aromatic rings. The number of rotatable bonds is 2. The van der Waals surface area contributed by atoms with Crippen LogP contribution >= 0.6 is 11.6 Å². The van der Waals surface area contributed by atoms with Crippen molar-refractivity contribution < 1.29 is 0 Å². The summed E-state index contributed by atoms with van der Waals surface area (Å²) in [4.78, 5) is 10.6. The highest BCUT2D eigenvalue weighted by Gasteiger charge is 2.30. The van der Waals surface area contributed by atoms with E-state index in [4.69, 9.17) is 11.6 Å². The average molecular weight is 275 g/mol. The van der Waals surface area contributed by atoms with Crippen molar-refractivity contribution in [3.63, 3.8) is 0 Å². The molecule has 0 amide bonds. The topological polar surface area (TPSA) is 41.1 Å². The third kappa shape index (κ3) is 2.02. The van der Waals surface area contributed by atoms with Crippen LogP contribution in [-0.2, 0) is 0 Å². The van der Waals surface area contributed by atoms with Crippen molar-refractivity contribution in [1.29, 1.82) is 0 Å². The molecule has 1 aromatic carbocycles. The molecule has 0 fully saturated rings. The Balaban J connectivity index is 2.12. The second-order valence-electron chi connectivity index (χ2n) is 4.77. The van der Waals surface area contributed by atoms with Crippen LogP contribution in [0.3, 0.4) is 0 Å². The van der Waals surface area contributed by atoms with Gasteiger partial charge in [-0.25, -0.2) is 0 Å². The molecule has 1 unspecified atom stereocenters. The van der Waals surface area contributed by atoms with Gasteiger partial charge in [0, 0.05) is 24.0 Å². The van der Waals surface area contributed by atoms with Crippen LogP contribution in [0.4, 0.5) is 11.4 Å². The van der Waals surface area contributed by atoms with Gasteiger partial charge in [-0.1, -0.05) is 23.7 Å². The number of hydrogen-bond donors (Lipinski definition) is 1. The molecular formula is C14H15ClN4. The summed E-state index contributed by atoms with van der Waals surface area (Å²) >= 11 is 6.38. The summed E-state index contributed by atoms with van der Waals surface area (Å²) in [5, 5.41) is 3.32. The maximum atomic E-state index is 6.38. The summed E-state index contributed by atoms with van der Waals surface area (Å²) in [5.74, 6) is 0. The minimum atomic E-state index is -0.229. The SMILES string of the molecule is CC(C)N1c2cccc(-c3cnccn3)c2NC1Cl. The molecule has 19 heavy (non-hydrogen) atoms. The Morgan fingerprint density at radius 1 is 1.32 bits per heavy atom. The molecule has 0 spiro atoms. The van der Waals surface area contributed by atoms with Gasteiger partial charge in [-0.2, -0.15) is 0 Å². The number of hydrogen-bond acceptors (Lipinski definition) is 4. The summed E-state index contributed by atoms with van der Waals surface area (Å²) in [5.41, 5.74) is 3.78. The van der Waals surface area contributed by atoms with E-state index in [1.54, 1.807) is 18.6 Å². The van der Waals surface area contributed by atoms with Crippen LogP contribution in [0.5, 0.6) is 0 Å². The average Bonchev–Trinajstić information content (AvgIpc) is 2.75. The summed E-state index contributed by atoms with van der Waals surface area (Å²) in [7, 11) is 0. The van der Waals surface area contributed by atoms with Gasteiger partial charge in [0.25, 0.3) is 0 Å². The van der Waals surface area contributed by atoms with Gasteiger partial charge in [0.2, 0.25) is 0 Å². The Morgan fingerprint density at radius 3 is 2.84 bits per heavy atom. The standard InChI is InChI=1S/C14H15ClN4/c1-9(2)19-12-5-3-4-10(13(12)18-14(19)15)11-8-16-6-7-17-11/h3-9,14,18H,1-2H3. The molecule has 0 saturated carbocycles. The second-order valence-corrected chi connectivity index (χ2v) is 5.18. The minimum absolute atomic E-state index is 0.229. The van der Waals surface area contributed by atoms with Crippen LogP contribution < -0.4 is 10.2 Å². The molecule has 1 aliphatic rings. The maximum Gasteiger partial charge on any atom is 0.178 e. The van der Waals surface area contributed by atoms with Gasteiger partial charge >= 0.3 is 0 Å². The number of benzene rings is 1. The van der Waals surface area contributed by atoms with Gasteiger partial charge in [0.05, 0.1) is 23.3 Å².